The molecule has 0 aromatic carbocycles. The van der Waals surface area contributed by atoms with E-state index in [9.17, 15) is 4.79 Å². The third kappa shape index (κ3) is 3.90. The molecule has 3 rings (SSSR count). The first-order valence-electron chi connectivity index (χ1n) is 8.37. The van der Waals surface area contributed by atoms with Gasteiger partial charge in [0.25, 0.3) is 5.91 Å². The van der Waals surface area contributed by atoms with Crippen molar-refractivity contribution in [3.8, 4) is 0 Å². The largest absolute Gasteiger partial charge is 0.361 e. The van der Waals surface area contributed by atoms with Gasteiger partial charge in [-0.15, -0.1) is 5.10 Å². The average molecular weight is 360 g/mol. The zero-order valence-electron chi connectivity index (χ0n) is 14.7. The van der Waals surface area contributed by atoms with Gasteiger partial charge in [0.1, 0.15) is 0 Å². The zero-order chi connectivity index (χ0) is 18.0. The van der Waals surface area contributed by atoms with Gasteiger partial charge in [0.15, 0.2) is 5.82 Å². The van der Waals surface area contributed by atoms with Crippen LogP contribution in [0.15, 0.2) is 24.5 Å². The molecule has 0 N–H and O–H groups in total. The van der Waals surface area contributed by atoms with Crippen molar-refractivity contribution in [1.82, 2.24) is 20.1 Å². The van der Waals surface area contributed by atoms with E-state index in [1.807, 2.05) is 36.9 Å². The Balaban J connectivity index is 1.79. The van der Waals surface area contributed by atoms with E-state index in [4.69, 9.17) is 11.6 Å². The summed E-state index contributed by atoms with van der Waals surface area (Å²) in [6.07, 6.45) is 5.20. The molecule has 25 heavy (non-hydrogen) atoms. The van der Waals surface area contributed by atoms with Gasteiger partial charge < -0.3 is 9.80 Å². The summed E-state index contributed by atoms with van der Waals surface area (Å²) >= 11 is 6.01. The van der Waals surface area contributed by atoms with Gasteiger partial charge in [0, 0.05) is 45.0 Å². The molecule has 1 aliphatic heterocycles. The summed E-state index contributed by atoms with van der Waals surface area (Å²) < 4.78 is 0. The first-order chi connectivity index (χ1) is 12.0. The number of pyridine rings is 1. The molecule has 0 aliphatic carbocycles. The predicted molar refractivity (Wildman–Crippen MR) is 98.2 cm³/mol. The van der Waals surface area contributed by atoms with Crippen LogP contribution in [-0.4, -0.2) is 53.2 Å². The van der Waals surface area contributed by atoms with Gasteiger partial charge in [-0.25, -0.2) is 0 Å². The summed E-state index contributed by atoms with van der Waals surface area (Å²) in [5.74, 6) is 0.905. The third-order valence-corrected chi connectivity index (χ3v) is 4.73. The van der Waals surface area contributed by atoms with E-state index in [0.29, 0.717) is 22.9 Å². The Labute approximate surface area is 152 Å². The summed E-state index contributed by atoms with van der Waals surface area (Å²) in [6, 6.07) is 3.71. The lowest BCUT2D eigenvalue weighted by atomic mass is 9.91. The highest BCUT2D eigenvalue weighted by Gasteiger charge is 2.27. The predicted octanol–water partition coefficient (Wildman–Crippen LogP) is 2.92. The maximum Gasteiger partial charge on any atom is 0.255 e. The average Bonchev–Trinajstić information content (AvgIpc) is 2.61. The van der Waals surface area contributed by atoms with Crippen LogP contribution in [0.5, 0.6) is 0 Å². The number of nitrogens with zero attached hydrogens (tertiary/aromatic N) is 5. The van der Waals surface area contributed by atoms with Gasteiger partial charge >= 0.3 is 0 Å². The third-order valence-electron chi connectivity index (χ3n) is 4.53. The number of hydrogen-bond acceptors (Lipinski definition) is 5. The first-order valence-corrected chi connectivity index (χ1v) is 8.75. The van der Waals surface area contributed by atoms with Crippen molar-refractivity contribution in [2.24, 2.45) is 0 Å². The van der Waals surface area contributed by atoms with Crippen molar-refractivity contribution in [3.63, 3.8) is 0 Å². The number of halogens is 1. The molecular weight excluding hydrogens is 338 g/mol. The fourth-order valence-electron chi connectivity index (χ4n) is 3.24. The molecule has 1 unspecified atom stereocenters. The highest BCUT2D eigenvalue weighted by Crippen LogP contribution is 2.29. The number of carbonyl (C=O) groups excluding carboxylic acids is 1. The minimum Gasteiger partial charge on any atom is -0.361 e. The van der Waals surface area contributed by atoms with E-state index in [2.05, 4.69) is 15.2 Å². The van der Waals surface area contributed by atoms with Crippen LogP contribution in [0.4, 0.5) is 5.82 Å². The van der Waals surface area contributed by atoms with Gasteiger partial charge in [0.2, 0.25) is 0 Å². The van der Waals surface area contributed by atoms with Crippen molar-refractivity contribution in [1.29, 1.82) is 0 Å². The Bertz CT molecular complexity index is 780. The van der Waals surface area contributed by atoms with Crippen LogP contribution in [0.2, 0.25) is 5.02 Å². The van der Waals surface area contributed by atoms with Crippen molar-refractivity contribution >= 4 is 23.3 Å². The molecule has 1 aliphatic rings. The van der Waals surface area contributed by atoms with E-state index >= 15 is 0 Å². The fraction of sp³-hybridized carbons (Fsp3) is 0.444. The number of piperidine rings is 1. The number of anilines is 1. The van der Waals surface area contributed by atoms with Crippen LogP contribution >= 0.6 is 11.6 Å². The van der Waals surface area contributed by atoms with Crippen LogP contribution in [0.25, 0.3) is 0 Å². The van der Waals surface area contributed by atoms with E-state index in [-0.39, 0.29) is 11.8 Å². The SMILES string of the molecule is Cc1cc(Cl)cnc1C1CCCN(C(=O)c2cnnc(N(C)C)c2)C1. The maximum atomic E-state index is 12.9. The quantitative estimate of drug-likeness (QED) is 0.843. The van der Waals surface area contributed by atoms with Crippen molar-refractivity contribution in [2.45, 2.75) is 25.7 Å². The Morgan fingerprint density at radius 2 is 2.12 bits per heavy atom. The van der Waals surface area contributed by atoms with Crippen molar-refractivity contribution in [2.75, 3.05) is 32.1 Å². The van der Waals surface area contributed by atoms with Crippen LogP contribution in [0.3, 0.4) is 0 Å². The molecule has 0 bridgehead atoms. The molecule has 1 saturated heterocycles. The van der Waals surface area contributed by atoms with Crippen LogP contribution in [0.1, 0.15) is 40.4 Å². The van der Waals surface area contributed by atoms with Gasteiger partial charge in [-0.3, -0.25) is 9.78 Å². The molecule has 2 aromatic rings. The van der Waals surface area contributed by atoms with Crippen LogP contribution < -0.4 is 4.90 Å². The molecule has 3 heterocycles. The topological polar surface area (TPSA) is 62.2 Å². The van der Waals surface area contributed by atoms with E-state index < -0.39 is 0 Å². The molecule has 1 atom stereocenters. The van der Waals surface area contributed by atoms with Gasteiger partial charge in [-0.05, 0) is 37.5 Å². The highest BCUT2D eigenvalue weighted by atomic mass is 35.5. The zero-order valence-corrected chi connectivity index (χ0v) is 15.5. The lowest BCUT2D eigenvalue weighted by Gasteiger charge is -2.33. The van der Waals surface area contributed by atoms with Gasteiger partial charge in [0.05, 0.1) is 16.8 Å². The smallest absolute Gasteiger partial charge is 0.255 e. The number of aromatic nitrogens is 3. The molecule has 7 heteroatoms. The summed E-state index contributed by atoms with van der Waals surface area (Å²) in [6.45, 7) is 3.43. The van der Waals surface area contributed by atoms with E-state index in [1.54, 1.807) is 12.3 Å². The number of likely N-dealkylation sites (tertiary alicyclic amines) is 1. The van der Waals surface area contributed by atoms with Gasteiger partial charge in [-0.1, -0.05) is 11.6 Å². The second-order valence-electron chi connectivity index (χ2n) is 6.64. The summed E-state index contributed by atoms with van der Waals surface area (Å²) in [4.78, 5) is 21.1. The molecule has 2 aromatic heterocycles. The van der Waals surface area contributed by atoms with Crippen molar-refractivity contribution < 1.29 is 4.79 Å². The summed E-state index contributed by atoms with van der Waals surface area (Å²) in [7, 11) is 3.76. The second kappa shape index (κ2) is 7.35. The lowest BCUT2D eigenvalue weighted by molar-refractivity contribution is 0.0705. The van der Waals surface area contributed by atoms with E-state index in [0.717, 1.165) is 30.6 Å². The van der Waals surface area contributed by atoms with Crippen molar-refractivity contribution in [3.05, 3.63) is 46.4 Å². The molecule has 1 fully saturated rings. The van der Waals surface area contributed by atoms with Gasteiger partial charge in [-0.2, -0.15) is 5.10 Å². The Morgan fingerprint density at radius 3 is 2.84 bits per heavy atom. The molecule has 0 saturated carbocycles. The molecular formula is C18H22ClN5O. The molecule has 0 radical (unpaired) electrons. The lowest BCUT2D eigenvalue weighted by Crippen LogP contribution is -2.39. The number of aryl methyl sites for hydroxylation is 1. The Kier molecular flexibility index (Phi) is 5.18. The first kappa shape index (κ1) is 17.6. The van der Waals surface area contributed by atoms with Crippen LogP contribution in [-0.2, 0) is 0 Å². The molecule has 1 amide bonds. The number of rotatable bonds is 3. The Morgan fingerprint density at radius 1 is 1.32 bits per heavy atom. The molecule has 0 spiro atoms. The second-order valence-corrected chi connectivity index (χ2v) is 7.08. The summed E-state index contributed by atoms with van der Waals surface area (Å²) in [5.41, 5.74) is 2.68. The number of carbonyl (C=O) groups is 1. The maximum absolute atomic E-state index is 12.9. The normalized spacial score (nSPS) is 17.4. The van der Waals surface area contributed by atoms with E-state index in [1.165, 1.54) is 6.20 Å². The number of hydrogen-bond donors (Lipinski definition) is 0. The standard InChI is InChI=1S/C18H22ClN5O/c1-12-7-15(19)10-20-17(12)13-5-4-6-24(11-13)18(25)14-8-16(23(2)3)22-21-9-14/h7-10,13H,4-6,11H2,1-3H3. The Hall–Kier alpha value is -2.21. The number of amides is 1. The monoisotopic (exact) mass is 359 g/mol. The summed E-state index contributed by atoms with van der Waals surface area (Å²) in [5, 5.41) is 8.63. The minimum absolute atomic E-state index is 0.00526. The molecule has 6 nitrogen and oxygen atoms in total. The highest BCUT2D eigenvalue weighted by molar-refractivity contribution is 6.30. The minimum atomic E-state index is -0.00526. The van der Waals surface area contributed by atoms with Crippen LogP contribution in [0, 0.1) is 6.92 Å². The fourth-order valence-corrected chi connectivity index (χ4v) is 3.45. The molecule has 132 valence electrons.